The third-order valence-electron chi connectivity index (χ3n) is 2.73. The molecule has 0 saturated carbocycles. The van der Waals surface area contributed by atoms with Crippen molar-refractivity contribution in [2.45, 2.75) is 0 Å². The van der Waals surface area contributed by atoms with E-state index in [4.69, 9.17) is 17.3 Å². The lowest BCUT2D eigenvalue weighted by molar-refractivity contribution is 1.34. The highest BCUT2D eigenvalue weighted by Gasteiger charge is 2.10. The van der Waals surface area contributed by atoms with E-state index in [-0.39, 0.29) is 0 Å². The molecule has 1 aromatic heterocycles. The maximum atomic E-state index is 5.99. The van der Waals surface area contributed by atoms with Crippen molar-refractivity contribution in [1.29, 1.82) is 0 Å². The number of hydrogen-bond donors (Lipinski definition) is 2. The molecule has 0 spiro atoms. The molecule has 3 N–H and O–H groups in total. The van der Waals surface area contributed by atoms with Crippen LogP contribution in [-0.4, -0.2) is 9.97 Å². The zero-order valence-electron chi connectivity index (χ0n) is 9.24. The molecule has 0 aliphatic heterocycles. The molecule has 0 atom stereocenters. The molecule has 5 heteroatoms. The molecular formula is C13H9BrClN3. The number of nitrogens with two attached hydrogens (primary N) is 1. The predicted molar refractivity (Wildman–Crippen MR) is 78.7 cm³/mol. The van der Waals surface area contributed by atoms with Gasteiger partial charge in [-0.25, -0.2) is 4.98 Å². The molecule has 0 amide bonds. The minimum atomic E-state index is 0.638. The Morgan fingerprint density at radius 3 is 2.83 bits per heavy atom. The van der Waals surface area contributed by atoms with Gasteiger partial charge in [-0.2, -0.15) is 0 Å². The van der Waals surface area contributed by atoms with Crippen LogP contribution in [0.2, 0.25) is 5.02 Å². The Bertz CT molecular complexity index is 736. The van der Waals surface area contributed by atoms with Gasteiger partial charge < -0.3 is 10.7 Å². The van der Waals surface area contributed by atoms with Crippen molar-refractivity contribution in [3.63, 3.8) is 0 Å². The number of nitrogens with zero attached hydrogens (tertiary/aromatic N) is 1. The van der Waals surface area contributed by atoms with Crippen molar-refractivity contribution in [3.05, 3.63) is 45.9 Å². The topological polar surface area (TPSA) is 54.7 Å². The first-order valence-electron chi connectivity index (χ1n) is 5.35. The molecule has 0 bridgehead atoms. The Labute approximate surface area is 117 Å². The zero-order chi connectivity index (χ0) is 12.7. The van der Waals surface area contributed by atoms with Crippen LogP contribution < -0.4 is 5.73 Å². The number of aromatic amines is 1. The molecule has 3 nitrogen and oxygen atoms in total. The molecule has 0 aliphatic carbocycles. The number of benzene rings is 2. The van der Waals surface area contributed by atoms with E-state index in [0.717, 1.165) is 26.9 Å². The van der Waals surface area contributed by atoms with E-state index in [2.05, 4.69) is 25.9 Å². The first-order chi connectivity index (χ1) is 8.65. The highest BCUT2D eigenvalue weighted by Crippen LogP contribution is 2.30. The van der Waals surface area contributed by atoms with Gasteiger partial charge in [-0.15, -0.1) is 0 Å². The van der Waals surface area contributed by atoms with Crippen molar-refractivity contribution in [2.24, 2.45) is 0 Å². The van der Waals surface area contributed by atoms with Crippen molar-refractivity contribution in [1.82, 2.24) is 9.97 Å². The molecule has 0 radical (unpaired) electrons. The van der Waals surface area contributed by atoms with Crippen LogP contribution in [0.25, 0.3) is 22.4 Å². The lowest BCUT2D eigenvalue weighted by atomic mass is 10.2. The smallest absolute Gasteiger partial charge is 0.140 e. The average molecular weight is 323 g/mol. The van der Waals surface area contributed by atoms with Gasteiger partial charge >= 0.3 is 0 Å². The first kappa shape index (κ1) is 11.6. The monoisotopic (exact) mass is 321 g/mol. The minimum Gasteiger partial charge on any atom is -0.398 e. The molecule has 2 aromatic carbocycles. The van der Waals surface area contributed by atoms with Crippen LogP contribution in [0.15, 0.2) is 40.9 Å². The molecule has 3 rings (SSSR count). The van der Waals surface area contributed by atoms with E-state index in [1.54, 1.807) is 12.1 Å². The molecule has 90 valence electrons. The highest BCUT2D eigenvalue weighted by molar-refractivity contribution is 9.10. The Hall–Kier alpha value is -1.52. The quantitative estimate of drug-likeness (QED) is 0.659. The number of halogens is 2. The van der Waals surface area contributed by atoms with Gasteiger partial charge in [-0.1, -0.05) is 17.7 Å². The summed E-state index contributed by atoms with van der Waals surface area (Å²) < 4.78 is 0.947. The number of imidazole rings is 1. The number of nitrogen functional groups attached to an aromatic ring is 1. The maximum absolute atomic E-state index is 5.99. The van der Waals surface area contributed by atoms with Crippen LogP contribution in [0.1, 0.15) is 0 Å². The van der Waals surface area contributed by atoms with E-state index in [0.29, 0.717) is 10.7 Å². The number of rotatable bonds is 1. The standard InChI is InChI=1S/C13H9BrClN3/c14-9-2-1-3-11-12(9)18-13(17-11)8-6-7(15)4-5-10(8)16/h1-6H,16H2,(H,17,18). The number of nitrogens with one attached hydrogen (secondary N) is 1. The normalized spacial score (nSPS) is 11.0. The molecule has 0 aliphatic rings. The van der Waals surface area contributed by atoms with Gasteiger partial charge in [0.1, 0.15) is 11.3 Å². The van der Waals surface area contributed by atoms with E-state index in [1.807, 2.05) is 24.3 Å². The number of anilines is 1. The average Bonchev–Trinajstić information content (AvgIpc) is 2.77. The van der Waals surface area contributed by atoms with Crippen LogP contribution in [0, 0.1) is 0 Å². The van der Waals surface area contributed by atoms with Gasteiger partial charge in [0.25, 0.3) is 0 Å². The second kappa shape index (κ2) is 4.30. The number of H-pyrrole nitrogens is 1. The van der Waals surface area contributed by atoms with Gasteiger partial charge in [0.15, 0.2) is 0 Å². The first-order valence-corrected chi connectivity index (χ1v) is 6.52. The van der Waals surface area contributed by atoms with Crippen LogP contribution in [0.3, 0.4) is 0 Å². The Kier molecular flexibility index (Phi) is 2.76. The van der Waals surface area contributed by atoms with Crippen LogP contribution in [-0.2, 0) is 0 Å². The summed E-state index contributed by atoms with van der Waals surface area (Å²) in [4.78, 5) is 7.78. The number of hydrogen-bond acceptors (Lipinski definition) is 2. The Morgan fingerprint density at radius 2 is 2.06 bits per heavy atom. The second-order valence-electron chi connectivity index (χ2n) is 3.95. The van der Waals surface area contributed by atoms with E-state index in [9.17, 15) is 0 Å². The summed E-state index contributed by atoms with van der Waals surface area (Å²) in [7, 11) is 0. The number of para-hydroxylation sites is 1. The molecule has 0 saturated heterocycles. The summed E-state index contributed by atoms with van der Waals surface area (Å²) in [5, 5.41) is 0.638. The summed E-state index contributed by atoms with van der Waals surface area (Å²) in [5.41, 5.74) is 9.25. The summed E-state index contributed by atoms with van der Waals surface area (Å²) in [6.07, 6.45) is 0. The van der Waals surface area contributed by atoms with E-state index < -0.39 is 0 Å². The Morgan fingerprint density at radius 1 is 1.22 bits per heavy atom. The largest absolute Gasteiger partial charge is 0.398 e. The maximum Gasteiger partial charge on any atom is 0.140 e. The van der Waals surface area contributed by atoms with Gasteiger partial charge in [0, 0.05) is 20.7 Å². The third kappa shape index (κ3) is 1.87. The fourth-order valence-corrected chi connectivity index (χ4v) is 2.49. The van der Waals surface area contributed by atoms with Gasteiger partial charge in [0.2, 0.25) is 0 Å². The van der Waals surface area contributed by atoms with Crippen molar-refractivity contribution < 1.29 is 0 Å². The fraction of sp³-hybridized carbons (Fsp3) is 0. The number of aromatic nitrogens is 2. The molecule has 0 fully saturated rings. The van der Waals surface area contributed by atoms with Gasteiger partial charge in [-0.3, -0.25) is 0 Å². The summed E-state index contributed by atoms with van der Waals surface area (Å²) in [6.45, 7) is 0. The third-order valence-corrected chi connectivity index (χ3v) is 3.61. The SMILES string of the molecule is Nc1ccc(Cl)cc1-c1nc2c(Br)cccc2[nH]1. The van der Waals surface area contributed by atoms with E-state index >= 15 is 0 Å². The second-order valence-corrected chi connectivity index (χ2v) is 5.24. The van der Waals surface area contributed by atoms with Crippen molar-refractivity contribution >= 4 is 44.3 Å². The molecule has 18 heavy (non-hydrogen) atoms. The van der Waals surface area contributed by atoms with Crippen LogP contribution in [0.5, 0.6) is 0 Å². The predicted octanol–water partition coefficient (Wildman–Crippen LogP) is 4.23. The van der Waals surface area contributed by atoms with Gasteiger partial charge in [-0.05, 0) is 46.3 Å². The zero-order valence-corrected chi connectivity index (χ0v) is 11.6. The Balaban J connectivity index is 2.26. The lowest BCUT2D eigenvalue weighted by Crippen LogP contribution is -1.90. The number of fused-ring (bicyclic) bond motifs is 1. The molecule has 1 heterocycles. The van der Waals surface area contributed by atoms with E-state index in [1.165, 1.54) is 0 Å². The summed E-state index contributed by atoms with van der Waals surface area (Å²) >= 11 is 9.47. The molecular weight excluding hydrogens is 314 g/mol. The summed E-state index contributed by atoms with van der Waals surface area (Å²) in [5.74, 6) is 0.719. The van der Waals surface area contributed by atoms with Gasteiger partial charge in [0.05, 0.1) is 5.52 Å². The van der Waals surface area contributed by atoms with Crippen molar-refractivity contribution in [2.75, 3.05) is 5.73 Å². The van der Waals surface area contributed by atoms with Crippen molar-refractivity contribution in [3.8, 4) is 11.4 Å². The molecule has 3 aromatic rings. The highest BCUT2D eigenvalue weighted by atomic mass is 79.9. The minimum absolute atomic E-state index is 0.638. The van der Waals surface area contributed by atoms with Crippen LogP contribution in [0.4, 0.5) is 5.69 Å². The molecule has 0 unspecified atom stereocenters. The fourth-order valence-electron chi connectivity index (χ4n) is 1.86. The van der Waals surface area contributed by atoms with Crippen LogP contribution >= 0.6 is 27.5 Å². The summed E-state index contributed by atoms with van der Waals surface area (Å²) in [6, 6.07) is 11.2. The lowest BCUT2D eigenvalue weighted by Gasteiger charge is -2.02.